The molecule has 2 nitrogen and oxygen atoms in total. The van der Waals surface area contributed by atoms with Gasteiger partial charge in [0.05, 0.1) is 5.41 Å². The summed E-state index contributed by atoms with van der Waals surface area (Å²) in [6, 6.07) is 0. The van der Waals surface area contributed by atoms with Crippen LogP contribution in [0.3, 0.4) is 0 Å². The number of hydrogen-bond acceptors (Lipinski definition) is 2. The molecule has 4 atom stereocenters. The first kappa shape index (κ1) is 17.3. The summed E-state index contributed by atoms with van der Waals surface area (Å²) < 4.78 is 6.40. The Morgan fingerprint density at radius 3 is 2.13 bits per heavy atom. The van der Waals surface area contributed by atoms with Gasteiger partial charge in [-0.2, -0.15) is 0 Å². The van der Waals surface area contributed by atoms with Crippen molar-refractivity contribution < 1.29 is 9.53 Å². The summed E-state index contributed by atoms with van der Waals surface area (Å²) >= 11 is 0. The number of carbonyl (C=O) groups excluding carboxylic acids is 1. The van der Waals surface area contributed by atoms with E-state index in [1.807, 2.05) is 0 Å². The van der Waals surface area contributed by atoms with E-state index in [2.05, 4.69) is 41.5 Å². The van der Waals surface area contributed by atoms with Crippen molar-refractivity contribution in [3.05, 3.63) is 0 Å². The molecule has 3 rings (SSSR count). The van der Waals surface area contributed by atoms with Crippen LogP contribution in [-0.4, -0.2) is 11.6 Å². The van der Waals surface area contributed by atoms with Crippen molar-refractivity contribution in [1.29, 1.82) is 0 Å². The molecule has 0 aromatic heterocycles. The van der Waals surface area contributed by atoms with E-state index in [9.17, 15) is 4.79 Å². The van der Waals surface area contributed by atoms with Crippen molar-refractivity contribution in [3.63, 3.8) is 0 Å². The van der Waals surface area contributed by atoms with Gasteiger partial charge in [0, 0.05) is 5.92 Å². The monoisotopic (exact) mass is 320 g/mol. The van der Waals surface area contributed by atoms with Gasteiger partial charge in [0.25, 0.3) is 0 Å². The predicted molar refractivity (Wildman–Crippen MR) is 94.1 cm³/mol. The maximum Gasteiger partial charge on any atom is 0.313 e. The van der Waals surface area contributed by atoms with E-state index < -0.39 is 0 Å². The van der Waals surface area contributed by atoms with Gasteiger partial charge in [-0.1, -0.05) is 53.9 Å². The highest BCUT2D eigenvalue weighted by molar-refractivity contribution is 5.83. The van der Waals surface area contributed by atoms with Crippen LogP contribution in [0.5, 0.6) is 0 Å². The fraction of sp³-hybridized carbons (Fsp3) is 0.952. The minimum absolute atomic E-state index is 0.0371. The number of hydrogen-bond donors (Lipinski definition) is 0. The first-order chi connectivity index (χ1) is 10.5. The van der Waals surface area contributed by atoms with Crippen LogP contribution in [0.4, 0.5) is 0 Å². The molecular weight excluding hydrogens is 284 g/mol. The summed E-state index contributed by atoms with van der Waals surface area (Å²) in [5.41, 5.74) is -0.494. The molecule has 0 N–H and O–H groups in total. The molecule has 3 fully saturated rings. The fourth-order valence-electron chi connectivity index (χ4n) is 6.24. The highest BCUT2D eigenvalue weighted by Crippen LogP contribution is 2.72. The average Bonchev–Trinajstić information content (AvgIpc) is 3.04. The Balaban J connectivity index is 1.81. The van der Waals surface area contributed by atoms with Crippen molar-refractivity contribution in [2.45, 2.75) is 98.5 Å². The van der Waals surface area contributed by atoms with E-state index in [0.29, 0.717) is 5.92 Å². The van der Waals surface area contributed by atoms with E-state index in [0.717, 1.165) is 18.8 Å². The molecule has 0 spiro atoms. The third-order valence-electron chi connectivity index (χ3n) is 7.63. The Morgan fingerprint density at radius 2 is 1.57 bits per heavy atom. The number of fused-ring (bicyclic) bond motifs is 1. The maximum atomic E-state index is 13.3. The molecule has 0 aliphatic heterocycles. The molecule has 2 heteroatoms. The number of carbonyl (C=O) groups is 1. The first-order valence-electron chi connectivity index (χ1n) is 9.77. The van der Waals surface area contributed by atoms with E-state index in [1.54, 1.807) is 0 Å². The van der Waals surface area contributed by atoms with Crippen molar-refractivity contribution >= 4 is 5.97 Å². The van der Waals surface area contributed by atoms with Crippen LogP contribution in [0.25, 0.3) is 0 Å². The molecule has 0 amide bonds. The molecule has 4 unspecified atom stereocenters. The van der Waals surface area contributed by atoms with Crippen LogP contribution < -0.4 is 0 Å². The van der Waals surface area contributed by atoms with Crippen LogP contribution in [0.1, 0.15) is 92.9 Å². The third-order valence-corrected chi connectivity index (χ3v) is 7.63. The van der Waals surface area contributed by atoms with Gasteiger partial charge in [-0.25, -0.2) is 0 Å². The summed E-state index contributed by atoms with van der Waals surface area (Å²) in [5.74, 6) is 1.46. The van der Waals surface area contributed by atoms with Gasteiger partial charge >= 0.3 is 5.97 Å². The Hall–Kier alpha value is -0.530. The Morgan fingerprint density at radius 1 is 1.00 bits per heavy atom. The standard InChI is InChI=1S/C21H36O2/c1-18(2,3)21(14-19(21,4)5)17(22)23-20(6)13-9-11-15-10-7-8-12-16(15)20/h15-16H,7-14H2,1-6H3. The zero-order valence-electron chi connectivity index (χ0n) is 16.1. The topological polar surface area (TPSA) is 26.3 Å². The second-order valence-electron chi connectivity index (χ2n) is 10.5. The summed E-state index contributed by atoms with van der Waals surface area (Å²) in [6.45, 7) is 13.3. The Bertz CT molecular complexity index is 485. The van der Waals surface area contributed by atoms with Gasteiger partial charge in [-0.15, -0.1) is 0 Å². The third kappa shape index (κ3) is 2.55. The van der Waals surface area contributed by atoms with E-state index >= 15 is 0 Å². The van der Waals surface area contributed by atoms with Gasteiger partial charge in [-0.3, -0.25) is 4.79 Å². The lowest BCUT2D eigenvalue weighted by Gasteiger charge is -2.49. The smallest absolute Gasteiger partial charge is 0.313 e. The Kier molecular flexibility index (Phi) is 3.93. The van der Waals surface area contributed by atoms with Gasteiger partial charge < -0.3 is 4.74 Å². The lowest BCUT2D eigenvalue weighted by atomic mass is 9.63. The van der Waals surface area contributed by atoms with E-state index in [4.69, 9.17) is 4.74 Å². The summed E-state index contributed by atoms with van der Waals surface area (Å²) in [7, 11) is 0. The van der Waals surface area contributed by atoms with E-state index in [-0.39, 0.29) is 27.8 Å². The molecule has 0 saturated heterocycles. The Labute approximate surface area is 142 Å². The van der Waals surface area contributed by atoms with E-state index in [1.165, 1.54) is 38.5 Å². The zero-order valence-corrected chi connectivity index (χ0v) is 16.1. The van der Waals surface area contributed by atoms with Gasteiger partial charge in [-0.05, 0) is 55.8 Å². The first-order valence-corrected chi connectivity index (χ1v) is 9.77. The van der Waals surface area contributed by atoms with Crippen molar-refractivity contribution in [3.8, 4) is 0 Å². The second kappa shape index (κ2) is 5.23. The number of rotatable bonds is 2. The lowest BCUT2D eigenvalue weighted by molar-refractivity contribution is -0.187. The normalized spacial score (nSPS) is 42.7. The molecule has 3 aliphatic carbocycles. The minimum Gasteiger partial charge on any atom is -0.459 e. The highest BCUT2D eigenvalue weighted by Gasteiger charge is 2.73. The molecule has 3 saturated carbocycles. The fourth-order valence-corrected chi connectivity index (χ4v) is 6.24. The quantitative estimate of drug-likeness (QED) is 0.606. The lowest BCUT2D eigenvalue weighted by Crippen LogP contribution is -2.50. The van der Waals surface area contributed by atoms with Crippen LogP contribution >= 0.6 is 0 Å². The van der Waals surface area contributed by atoms with Crippen LogP contribution in [0.15, 0.2) is 0 Å². The number of esters is 1. The molecular formula is C21H36O2. The molecule has 0 heterocycles. The average molecular weight is 321 g/mol. The van der Waals surface area contributed by atoms with Crippen molar-refractivity contribution in [1.82, 2.24) is 0 Å². The molecule has 0 aromatic carbocycles. The van der Waals surface area contributed by atoms with Crippen molar-refractivity contribution in [2.75, 3.05) is 0 Å². The summed E-state index contributed by atoms with van der Waals surface area (Å²) in [6.07, 6.45) is 9.85. The summed E-state index contributed by atoms with van der Waals surface area (Å²) in [5, 5.41) is 0. The van der Waals surface area contributed by atoms with Crippen LogP contribution in [0.2, 0.25) is 0 Å². The zero-order chi connectivity index (χ0) is 17.1. The van der Waals surface area contributed by atoms with Gasteiger partial charge in [0.1, 0.15) is 5.60 Å². The minimum atomic E-state index is -0.301. The number of ether oxygens (including phenoxy) is 1. The summed E-state index contributed by atoms with van der Waals surface area (Å²) in [4.78, 5) is 13.3. The SMILES string of the molecule is CC1(OC(=O)C2(C(C)(C)C)CC2(C)C)CCCC2CCCCC21. The highest BCUT2D eigenvalue weighted by atomic mass is 16.6. The van der Waals surface area contributed by atoms with Gasteiger partial charge in [0.15, 0.2) is 0 Å². The molecule has 0 radical (unpaired) electrons. The molecule has 3 aliphatic rings. The molecule has 0 bridgehead atoms. The molecule has 132 valence electrons. The van der Waals surface area contributed by atoms with Crippen LogP contribution in [-0.2, 0) is 9.53 Å². The van der Waals surface area contributed by atoms with Gasteiger partial charge in [0.2, 0.25) is 0 Å². The molecule has 23 heavy (non-hydrogen) atoms. The predicted octanol–water partition coefficient (Wildman–Crippen LogP) is 5.74. The van der Waals surface area contributed by atoms with Crippen molar-refractivity contribution in [2.24, 2.45) is 28.1 Å². The molecule has 0 aromatic rings. The largest absolute Gasteiger partial charge is 0.459 e. The second-order valence-corrected chi connectivity index (χ2v) is 10.5. The maximum absolute atomic E-state index is 13.3. The van der Waals surface area contributed by atoms with Crippen LogP contribution in [0, 0.1) is 28.1 Å².